The summed E-state index contributed by atoms with van der Waals surface area (Å²) in [6.07, 6.45) is 0.534. The number of aryl methyl sites for hydroxylation is 1. The van der Waals surface area contributed by atoms with Crippen LogP contribution in [-0.2, 0) is 13.5 Å². The lowest BCUT2D eigenvalue weighted by atomic mass is 10.1. The summed E-state index contributed by atoms with van der Waals surface area (Å²) >= 11 is 0. The summed E-state index contributed by atoms with van der Waals surface area (Å²) in [7, 11) is 5.76. The van der Waals surface area contributed by atoms with Crippen molar-refractivity contribution in [1.29, 1.82) is 0 Å². The van der Waals surface area contributed by atoms with Crippen molar-refractivity contribution in [3.63, 3.8) is 0 Å². The number of hydrogen-bond acceptors (Lipinski definition) is 5. The Balaban J connectivity index is 1.88. The van der Waals surface area contributed by atoms with Gasteiger partial charge in [0.15, 0.2) is 0 Å². The molecule has 0 radical (unpaired) electrons. The van der Waals surface area contributed by atoms with Crippen LogP contribution in [0.2, 0.25) is 0 Å². The lowest BCUT2D eigenvalue weighted by Crippen LogP contribution is -2.51. The Labute approximate surface area is 151 Å². The van der Waals surface area contributed by atoms with Crippen molar-refractivity contribution in [1.82, 2.24) is 24.5 Å². The Kier molecular flexibility index (Phi) is 6.98. The lowest BCUT2D eigenvalue weighted by molar-refractivity contribution is 0.0472. The quantitative estimate of drug-likeness (QED) is 0.765. The monoisotopic (exact) mass is 351 g/mol. The number of hydrogen-bond donors (Lipinski definition) is 1. The molecule has 142 valence electrons. The molecule has 1 saturated heterocycles. The van der Waals surface area contributed by atoms with Crippen LogP contribution in [0, 0.1) is 5.92 Å². The summed E-state index contributed by atoms with van der Waals surface area (Å²) < 4.78 is 1.70. The van der Waals surface area contributed by atoms with Gasteiger partial charge in [-0.2, -0.15) is 5.10 Å². The predicted octanol–water partition coefficient (Wildman–Crippen LogP) is 0.299. The van der Waals surface area contributed by atoms with E-state index < -0.39 is 0 Å². The average Bonchev–Trinajstić information content (AvgIpc) is 2.86. The largest absolute Gasteiger partial charge is 0.390 e. The van der Waals surface area contributed by atoms with E-state index in [1.54, 1.807) is 4.68 Å². The van der Waals surface area contributed by atoms with E-state index in [1.165, 1.54) is 0 Å². The molecule has 0 bridgehead atoms. The Morgan fingerprint density at radius 2 is 1.92 bits per heavy atom. The molecular formula is C18H33N5O2. The number of carbonyl (C=O) groups excluding carboxylic acids is 1. The molecule has 7 nitrogen and oxygen atoms in total. The highest BCUT2D eigenvalue weighted by Gasteiger charge is 2.25. The van der Waals surface area contributed by atoms with Gasteiger partial charge in [0.05, 0.1) is 11.8 Å². The van der Waals surface area contributed by atoms with Crippen LogP contribution in [0.1, 0.15) is 30.0 Å². The number of rotatable bonds is 7. The molecule has 0 unspecified atom stereocenters. The highest BCUT2D eigenvalue weighted by molar-refractivity contribution is 5.92. The smallest absolute Gasteiger partial charge is 0.272 e. The first-order valence-electron chi connectivity index (χ1n) is 9.13. The summed E-state index contributed by atoms with van der Waals surface area (Å²) in [5.41, 5.74) is 1.64. The Hall–Kier alpha value is -1.44. The molecule has 1 aliphatic heterocycles. The number of nitrogens with zero attached hydrogens (tertiary/aromatic N) is 5. The summed E-state index contributed by atoms with van der Waals surface area (Å²) in [6.45, 7) is 8.60. The third kappa shape index (κ3) is 5.80. The lowest BCUT2D eigenvalue weighted by Gasteiger charge is -2.35. The van der Waals surface area contributed by atoms with Crippen LogP contribution in [0.3, 0.4) is 0 Å². The summed E-state index contributed by atoms with van der Waals surface area (Å²) in [5.74, 6) is 0.577. The maximum Gasteiger partial charge on any atom is 0.272 e. The average molecular weight is 351 g/mol. The number of aliphatic hydroxyl groups is 1. The maximum absolute atomic E-state index is 12.8. The van der Waals surface area contributed by atoms with Crippen molar-refractivity contribution >= 4 is 5.91 Å². The number of carbonyl (C=O) groups is 1. The molecule has 1 atom stereocenters. The number of piperazine rings is 1. The second-order valence-corrected chi connectivity index (χ2v) is 7.75. The van der Waals surface area contributed by atoms with Crippen LogP contribution in [0.5, 0.6) is 0 Å². The topological polar surface area (TPSA) is 64.8 Å². The summed E-state index contributed by atoms with van der Waals surface area (Å²) in [5, 5.41) is 14.5. The van der Waals surface area contributed by atoms with Crippen LogP contribution >= 0.6 is 0 Å². The molecule has 1 N–H and O–H groups in total. The van der Waals surface area contributed by atoms with Crippen molar-refractivity contribution in [2.75, 3.05) is 53.4 Å². The van der Waals surface area contributed by atoms with Gasteiger partial charge < -0.3 is 14.9 Å². The second-order valence-electron chi connectivity index (χ2n) is 7.75. The molecule has 25 heavy (non-hydrogen) atoms. The molecule has 0 spiro atoms. The normalized spacial score (nSPS) is 17.5. The van der Waals surface area contributed by atoms with Crippen LogP contribution in [0.4, 0.5) is 0 Å². The van der Waals surface area contributed by atoms with E-state index in [0.717, 1.165) is 25.2 Å². The zero-order valence-electron chi connectivity index (χ0n) is 16.3. The van der Waals surface area contributed by atoms with E-state index in [4.69, 9.17) is 0 Å². The summed E-state index contributed by atoms with van der Waals surface area (Å²) in [4.78, 5) is 18.9. The minimum absolute atomic E-state index is 0.0542. The van der Waals surface area contributed by atoms with E-state index >= 15 is 0 Å². The molecule has 2 rings (SSSR count). The van der Waals surface area contributed by atoms with Gasteiger partial charge in [-0.25, -0.2) is 0 Å². The van der Waals surface area contributed by atoms with E-state index in [9.17, 15) is 9.90 Å². The van der Waals surface area contributed by atoms with Crippen molar-refractivity contribution in [3.05, 3.63) is 17.5 Å². The molecule has 1 aromatic rings. The Morgan fingerprint density at radius 1 is 1.28 bits per heavy atom. The first-order chi connectivity index (χ1) is 11.8. The van der Waals surface area contributed by atoms with Gasteiger partial charge in [0.1, 0.15) is 5.69 Å². The van der Waals surface area contributed by atoms with E-state index in [1.807, 2.05) is 37.0 Å². The van der Waals surface area contributed by atoms with E-state index in [-0.39, 0.29) is 12.0 Å². The SMILES string of the molecule is CC(C)Cc1cc(C(=O)N2CCN(C[C@H](O)CN(C)C)CC2)n(C)n1. The molecule has 1 aromatic heterocycles. The molecule has 1 aliphatic rings. The third-order valence-electron chi connectivity index (χ3n) is 4.47. The van der Waals surface area contributed by atoms with Gasteiger partial charge in [-0.3, -0.25) is 14.4 Å². The Morgan fingerprint density at radius 3 is 2.48 bits per heavy atom. The zero-order chi connectivity index (χ0) is 18.6. The maximum atomic E-state index is 12.8. The van der Waals surface area contributed by atoms with Crippen LogP contribution in [0.15, 0.2) is 6.07 Å². The number of β-amino-alcohol motifs (C(OH)–C–C–N with tert-alkyl or cyclic N) is 1. The molecule has 0 aliphatic carbocycles. The van der Waals surface area contributed by atoms with Crippen molar-refractivity contribution in [2.24, 2.45) is 13.0 Å². The van der Waals surface area contributed by atoms with Gasteiger partial charge >= 0.3 is 0 Å². The minimum Gasteiger partial charge on any atom is -0.390 e. The minimum atomic E-state index is -0.354. The van der Waals surface area contributed by atoms with Gasteiger partial charge in [0, 0.05) is 46.3 Å². The van der Waals surface area contributed by atoms with Crippen molar-refractivity contribution in [2.45, 2.75) is 26.4 Å². The first kappa shape index (κ1) is 19.9. The molecule has 2 heterocycles. The standard InChI is InChI=1S/C18H33N5O2/c1-14(2)10-15-11-17(21(5)19-15)18(25)23-8-6-22(7-9-23)13-16(24)12-20(3)4/h11,14,16,24H,6-10,12-13H2,1-5H3/t16-/m1/s1. The second kappa shape index (κ2) is 8.78. The van der Waals surface area contributed by atoms with Crippen molar-refractivity contribution < 1.29 is 9.90 Å². The summed E-state index contributed by atoms with van der Waals surface area (Å²) in [6, 6.07) is 1.93. The molecule has 7 heteroatoms. The van der Waals surface area contributed by atoms with Crippen LogP contribution < -0.4 is 0 Å². The predicted molar refractivity (Wildman–Crippen MR) is 98.7 cm³/mol. The molecule has 0 aromatic carbocycles. The van der Waals surface area contributed by atoms with Crippen LogP contribution in [-0.4, -0.2) is 95.0 Å². The molecule has 0 saturated carbocycles. The molecule has 1 fully saturated rings. The number of aromatic nitrogens is 2. The van der Waals surface area contributed by atoms with E-state index in [0.29, 0.717) is 37.8 Å². The fraction of sp³-hybridized carbons (Fsp3) is 0.778. The zero-order valence-corrected chi connectivity index (χ0v) is 16.3. The van der Waals surface area contributed by atoms with Crippen molar-refractivity contribution in [3.8, 4) is 0 Å². The number of aliphatic hydroxyl groups excluding tert-OH is 1. The fourth-order valence-electron chi connectivity index (χ4n) is 3.32. The van der Waals surface area contributed by atoms with Crippen LogP contribution in [0.25, 0.3) is 0 Å². The van der Waals surface area contributed by atoms with E-state index in [2.05, 4.69) is 23.8 Å². The van der Waals surface area contributed by atoms with Gasteiger partial charge in [-0.1, -0.05) is 13.8 Å². The number of likely N-dealkylation sites (N-methyl/N-ethyl adjacent to an activating group) is 1. The van der Waals surface area contributed by atoms with Gasteiger partial charge in [0.25, 0.3) is 5.91 Å². The molecule has 1 amide bonds. The Bertz CT molecular complexity index is 562. The van der Waals surface area contributed by atoms with Gasteiger partial charge in [-0.05, 0) is 32.5 Å². The highest BCUT2D eigenvalue weighted by Crippen LogP contribution is 2.13. The first-order valence-corrected chi connectivity index (χ1v) is 9.13. The number of amides is 1. The highest BCUT2D eigenvalue weighted by atomic mass is 16.3. The fourth-order valence-corrected chi connectivity index (χ4v) is 3.32. The third-order valence-corrected chi connectivity index (χ3v) is 4.47. The van der Waals surface area contributed by atoms with Gasteiger partial charge in [0.2, 0.25) is 0 Å². The van der Waals surface area contributed by atoms with Gasteiger partial charge in [-0.15, -0.1) is 0 Å². The molecular weight excluding hydrogens is 318 g/mol.